The molecule has 1 aliphatic carbocycles. The van der Waals surface area contributed by atoms with Crippen LogP contribution in [0, 0.1) is 5.92 Å². The summed E-state index contributed by atoms with van der Waals surface area (Å²) in [4.78, 5) is 31.6. The van der Waals surface area contributed by atoms with Crippen LogP contribution in [0.15, 0.2) is 64.4 Å². The molecule has 3 heterocycles. The third kappa shape index (κ3) is 3.85. The molecule has 1 fully saturated rings. The molecule has 1 saturated carbocycles. The summed E-state index contributed by atoms with van der Waals surface area (Å²) in [7, 11) is 0. The van der Waals surface area contributed by atoms with Gasteiger partial charge in [-0.2, -0.15) is 0 Å². The number of rotatable bonds is 4. The summed E-state index contributed by atoms with van der Waals surface area (Å²) < 4.78 is 5.85. The Morgan fingerprint density at radius 3 is 2.55 bits per heavy atom. The van der Waals surface area contributed by atoms with E-state index in [1.807, 2.05) is 52.3 Å². The lowest BCUT2D eigenvalue weighted by atomic mass is 9.87. The van der Waals surface area contributed by atoms with Crippen molar-refractivity contribution in [2.75, 3.05) is 13.1 Å². The van der Waals surface area contributed by atoms with Crippen LogP contribution in [0.1, 0.15) is 63.3 Å². The van der Waals surface area contributed by atoms with Crippen molar-refractivity contribution in [1.82, 2.24) is 15.1 Å². The molecule has 1 aromatic carbocycles. The van der Waals surface area contributed by atoms with Crippen molar-refractivity contribution in [3.05, 3.63) is 71.3 Å². The molecule has 5 rings (SSSR count). The van der Waals surface area contributed by atoms with Gasteiger partial charge in [0.2, 0.25) is 5.91 Å². The SMILES string of the molecule is CC1(C)C2=C(C(=O)N1Cc1ccccc1)C(c1ccco1)N(C(=O)C1CCCCC1)CCN2. The third-order valence-corrected chi connectivity index (χ3v) is 7.50. The first-order valence-electron chi connectivity index (χ1n) is 12.2. The normalized spacial score (nSPS) is 23.3. The minimum absolute atomic E-state index is 0.0308. The molecule has 174 valence electrons. The Morgan fingerprint density at radius 1 is 1.09 bits per heavy atom. The van der Waals surface area contributed by atoms with Crippen molar-refractivity contribution >= 4 is 11.8 Å². The van der Waals surface area contributed by atoms with Crippen LogP contribution in [0.5, 0.6) is 0 Å². The molecule has 1 atom stereocenters. The summed E-state index contributed by atoms with van der Waals surface area (Å²) in [5.74, 6) is 0.805. The number of nitrogens with zero attached hydrogens (tertiary/aromatic N) is 2. The number of benzene rings is 1. The summed E-state index contributed by atoms with van der Waals surface area (Å²) in [6.07, 6.45) is 6.88. The molecular weight excluding hydrogens is 414 g/mol. The first-order valence-corrected chi connectivity index (χ1v) is 12.2. The molecule has 0 spiro atoms. The number of carbonyl (C=O) groups excluding carboxylic acids is 2. The van der Waals surface area contributed by atoms with E-state index in [9.17, 15) is 9.59 Å². The van der Waals surface area contributed by atoms with E-state index < -0.39 is 11.6 Å². The molecule has 33 heavy (non-hydrogen) atoms. The zero-order valence-corrected chi connectivity index (χ0v) is 19.5. The molecule has 3 aliphatic rings. The van der Waals surface area contributed by atoms with E-state index in [-0.39, 0.29) is 17.7 Å². The summed E-state index contributed by atoms with van der Waals surface area (Å²) in [6, 6.07) is 13.3. The average molecular weight is 448 g/mol. The average Bonchev–Trinajstić information content (AvgIpc) is 3.35. The third-order valence-electron chi connectivity index (χ3n) is 7.50. The number of amides is 2. The van der Waals surface area contributed by atoms with Crippen molar-refractivity contribution in [2.24, 2.45) is 5.92 Å². The first-order chi connectivity index (χ1) is 16.0. The molecule has 2 aliphatic heterocycles. The number of furan rings is 1. The molecule has 6 heteroatoms. The quantitative estimate of drug-likeness (QED) is 0.754. The number of hydrogen-bond donors (Lipinski definition) is 1. The van der Waals surface area contributed by atoms with Gasteiger partial charge in [0.15, 0.2) is 0 Å². The second-order valence-corrected chi connectivity index (χ2v) is 9.94. The van der Waals surface area contributed by atoms with E-state index in [4.69, 9.17) is 4.42 Å². The van der Waals surface area contributed by atoms with Gasteiger partial charge in [-0.15, -0.1) is 0 Å². The predicted molar refractivity (Wildman–Crippen MR) is 126 cm³/mol. The Balaban J connectivity index is 1.54. The predicted octanol–water partition coefficient (Wildman–Crippen LogP) is 4.41. The van der Waals surface area contributed by atoms with Gasteiger partial charge in [0.05, 0.1) is 17.4 Å². The van der Waals surface area contributed by atoms with Crippen LogP contribution in [-0.4, -0.2) is 40.2 Å². The topological polar surface area (TPSA) is 65.8 Å². The van der Waals surface area contributed by atoms with Gasteiger partial charge >= 0.3 is 0 Å². The fraction of sp³-hybridized carbons (Fsp3) is 0.481. The smallest absolute Gasteiger partial charge is 0.255 e. The molecule has 2 amide bonds. The Labute approximate surface area is 195 Å². The van der Waals surface area contributed by atoms with Crippen LogP contribution in [0.3, 0.4) is 0 Å². The molecule has 1 aromatic heterocycles. The van der Waals surface area contributed by atoms with Gasteiger partial charge in [0, 0.05) is 31.2 Å². The van der Waals surface area contributed by atoms with Crippen molar-refractivity contribution in [1.29, 1.82) is 0 Å². The van der Waals surface area contributed by atoms with Crippen molar-refractivity contribution in [2.45, 2.75) is 64.1 Å². The van der Waals surface area contributed by atoms with Gasteiger partial charge in [-0.25, -0.2) is 0 Å². The Bertz CT molecular complexity index is 1040. The van der Waals surface area contributed by atoms with Crippen molar-refractivity contribution < 1.29 is 14.0 Å². The Kier molecular flexibility index (Phi) is 5.77. The molecular formula is C27H33N3O3. The van der Waals surface area contributed by atoms with Crippen molar-refractivity contribution in [3.63, 3.8) is 0 Å². The van der Waals surface area contributed by atoms with Crippen LogP contribution >= 0.6 is 0 Å². The molecule has 6 nitrogen and oxygen atoms in total. The highest BCUT2D eigenvalue weighted by Crippen LogP contribution is 2.44. The van der Waals surface area contributed by atoms with Gasteiger partial charge in [0.1, 0.15) is 11.8 Å². The van der Waals surface area contributed by atoms with Gasteiger partial charge in [-0.05, 0) is 44.4 Å². The fourth-order valence-corrected chi connectivity index (χ4v) is 5.72. The number of hydrogen-bond acceptors (Lipinski definition) is 4. The molecule has 2 aromatic rings. The van der Waals surface area contributed by atoms with Gasteiger partial charge < -0.3 is 19.5 Å². The van der Waals surface area contributed by atoms with Crippen molar-refractivity contribution in [3.8, 4) is 0 Å². The summed E-state index contributed by atoms with van der Waals surface area (Å²) in [5, 5.41) is 3.54. The summed E-state index contributed by atoms with van der Waals surface area (Å²) in [6.45, 7) is 5.85. The maximum atomic E-state index is 14.0. The van der Waals surface area contributed by atoms with Crippen LogP contribution in [-0.2, 0) is 16.1 Å². The maximum absolute atomic E-state index is 14.0. The van der Waals surface area contributed by atoms with E-state index in [1.54, 1.807) is 6.26 Å². The van der Waals surface area contributed by atoms with E-state index in [0.717, 1.165) is 36.9 Å². The highest BCUT2D eigenvalue weighted by Gasteiger charge is 2.51. The van der Waals surface area contributed by atoms with Crippen LogP contribution < -0.4 is 5.32 Å². The largest absolute Gasteiger partial charge is 0.467 e. The molecule has 0 radical (unpaired) electrons. The standard InChI is InChI=1S/C27H33N3O3/c1-27(2)24-22(26(32)30(27)18-19-10-5-3-6-11-19)23(21-14-9-17-33-21)29(16-15-28-24)25(31)20-12-7-4-8-13-20/h3,5-6,9-11,14,17,20,23,28H,4,7-8,12-13,15-16,18H2,1-2H3. The highest BCUT2D eigenvalue weighted by atomic mass is 16.3. The zero-order valence-electron chi connectivity index (χ0n) is 19.5. The number of nitrogens with one attached hydrogen (secondary N) is 1. The minimum Gasteiger partial charge on any atom is -0.467 e. The van der Waals surface area contributed by atoms with E-state index in [1.165, 1.54) is 6.42 Å². The van der Waals surface area contributed by atoms with Crippen LogP contribution in [0.4, 0.5) is 0 Å². The lowest BCUT2D eigenvalue weighted by Crippen LogP contribution is -2.48. The van der Waals surface area contributed by atoms with E-state index >= 15 is 0 Å². The van der Waals surface area contributed by atoms with Gasteiger partial charge in [-0.3, -0.25) is 9.59 Å². The second kappa shape index (κ2) is 8.73. The second-order valence-electron chi connectivity index (χ2n) is 9.94. The Morgan fingerprint density at radius 2 is 1.85 bits per heavy atom. The van der Waals surface area contributed by atoms with Crippen LogP contribution in [0.25, 0.3) is 0 Å². The Hall–Kier alpha value is -3.02. The molecule has 0 bridgehead atoms. The zero-order chi connectivity index (χ0) is 23.0. The molecule has 1 unspecified atom stereocenters. The minimum atomic E-state index is -0.517. The lowest BCUT2D eigenvalue weighted by molar-refractivity contribution is -0.139. The highest BCUT2D eigenvalue weighted by molar-refractivity contribution is 6.00. The first kappa shape index (κ1) is 21.8. The fourth-order valence-electron chi connectivity index (χ4n) is 5.72. The van der Waals surface area contributed by atoms with Gasteiger partial charge in [-0.1, -0.05) is 49.6 Å². The number of carbonyl (C=O) groups is 2. The molecule has 1 N–H and O–H groups in total. The van der Waals surface area contributed by atoms with E-state index in [2.05, 4.69) is 19.2 Å². The maximum Gasteiger partial charge on any atom is 0.255 e. The van der Waals surface area contributed by atoms with Crippen LogP contribution in [0.2, 0.25) is 0 Å². The lowest BCUT2D eigenvalue weighted by Gasteiger charge is -2.36. The van der Waals surface area contributed by atoms with Gasteiger partial charge in [0.25, 0.3) is 5.91 Å². The monoisotopic (exact) mass is 447 g/mol. The molecule has 0 saturated heterocycles. The van der Waals surface area contributed by atoms with E-state index in [0.29, 0.717) is 31.0 Å². The summed E-state index contributed by atoms with van der Waals surface area (Å²) in [5.41, 5.74) is 2.12. The summed E-state index contributed by atoms with van der Waals surface area (Å²) >= 11 is 0.